The standard InChI is InChI=1S/C26H25Cl2FN2O2S/c1-16(2)31(24(32)13-17-3-6-19(29)7-4-17)15-25(33)30-11-9-23-21(10-12-34-23)26(30)20-8-5-18(27)14-22(20)28/h3-8,10,12,14,16,26H,9,11,13,15H2,1-2H3. The predicted molar refractivity (Wildman–Crippen MR) is 135 cm³/mol. The van der Waals surface area contributed by atoms with E-state index in [-0.39, 0.29) is 42.7 Å². The molecule has 1 aliphatic heterocycles. The van der Waals surface area contributed by atoms with E-state index in [0.29, 0.717) is 22.2 Å². The molecule has 2 amide bonds. The molecular formula is C26H25Cl2FN2O2S. The number of benzene rings is 2. The molecule has 1 atom stereocenters. The quantitative estimate of drug-likeness (QED) is 0.392. The topological polar surface area (TPSA) is 40.6 Å². The van der Waals surface area contributed by atoms with Gasteiger partial charge in [0.15, 0.2) is 0 Å². The molecule has 1 aliphatic rings. The Morgan fingerprint density at radius 3 is 2.53 bits per heavy atom. The van der Waals surface area contributed by atoms with E-state index < -0.39 is 0 Å². The first kappa shape index (κ1) is 24.7. The van der Waals surface area contributed by atoms with Gasteiger partial charge >= 0.3 is 0 Å². The number of rotatable bonds is 6. The highest BCUT2D eigenvalue weighted by atomic mass is 35.5. The number of amides is 2. The molecule has 4 rings (SSSR count). The zero-order valence-electron chi connectivity index (χ0n) is 18.9. The van der Waals surface area contributed by atoms with Crippen molar-refractivity contribution in [2.24, 2.45) is 0 Å². The number of hydrogen-bond donors (Lipinski definition) is 0. The van der Waals surface area contributed by atoms with Crippen molar-refractivity contribution in [3.8, 4) is 0 Å². The van der Waals surface area contributed by atoms with Crippen molar-refractivity contribution in [1.82, 2.24) is 9.80 Å². The van der Waals surface area contributed by atoms with Gasteiger partial charge in [-0.05, 0) is 72.7 Å². The van der Waals surface area contributed by atoms with Gasteiger partial charge in [-0.15, -0.1) is 11.3 Å². The van der Waals surface area contributed by atoms with Crippen LogP contribution in [0.4, 0.5) is 4.39 Å². The highest BCUT2D eigenvalue weighted by Gasteiger charge is 2.35. The largest absolute Gasteiger partial charge is 0.331 e. The number of carbonyl (C=O) groups is 2. The Labute approximate surface area is 212 Å². The molecule has 178 valence electrons. The van der Waals surface area contributed by atoms with Gasteiger partial charge in [-0.1, -0.05) is 41.4 Å². The highest BCUT2D eigenvalue weighted by molar-refractivity contribution is 7.10. The van der Waals surface area contributed by atoms with Gasteiger partial charge in [0.2, 0.25) is 11.8 Å². The number of fused-ring (bicyclic) bond motifs is 1. The fraction of sp³-hybridized carbons (Fsp3) is 0.308. The second kappa shape index (κ2) is 10.5. The van der Waals surface area contributed by atoms with Crippen LogP contribution in [0.2, 0.25) is 10.0 Å². The molecule has 0 saturated carbocycles. The summed E-state index contributed by atoms with van der Waals surface area (Å²) < 4.78 is 13.2. The van der Waals surface area contributed by atoms with Crippen LogP contribution in [0, 0.1) is 5.82 Å². The summed E-state index contributed by atoms with van der Waals surface area (Å²) >= 11 is 14.4. The molecule has 0 N–H and O–H groups in total. The molecule has 8 heteroatoms. The lowest BCUT2D eigenvalue weighted by molar-refractivity contribution is -0.142. The van der Waals surface area contributed by atoms with Gasteiger partial charge in [-0.25, -0.2) is 4.39 Å². The average molecular weight is 519 g/mol. The van der Waals surface area contributed by atoms with Crippen LogP contribution in [0.3, 0.4) is 0 Å². The summed E-state index contributed by atoms with van der Waals surface area (Å²) in [6.07, 6.45) is 0.860. The number of hydrogen-bond acceptors (Lipinski definition) is 3. The molecular weight excluding hydrogens is 494 g/mol. The second-order valence-electron chi connectivity index (χ2n) is 8.62. The monoisotopic (exact) mass is 518 g/mol. The van der Waals surface area contributed by atoms with Crippen LogP contribution < -0.4 is 0 Å². The first-order valence-electron chi connectivity index (χ1n) is 11.1. The Bertz CT molecular complexity index is 1200. The van der Waals surface area contributed by atoms with Crippen LogP contribution in [0.1, 0.15) is 41.5 Å². The van der Waals surface area contributed by atoms with E-state index in [2.05, 4.69) is 0 Å². The maximum Gasteiger partial charge on any atom is 0.243 e. The van der Waals surface area contributed by atoms with Crippen molar-refractivity contribution >= 4 is 46.4 Å². The molecule has 1 aromatic heterocycles. The third-order valence-electron chi connectivity index (χ3n) is 6.06. The van der Waals surface area contributed by atoms with Gasteiger partial charge in [-0.3, -0.25) is 9.59 Å². The maximum atomic E-state index is 13.6. The van der Waals surface area contributed by atoms with E-state index in [9.17, 15) is 14.0 Å². The molecule has 0 bridgehead atoms. The zero-order chi connectivity index (χ0) is 24.4. The van der Waals surface area contributed by atoms with Gasteiger partial charge in [-0.2, -0.15) is 0 Å². The van der Waals surface area contributed by atoms with E-state index in [1.165, 1.54) is 17.0 Å². The summed E-state index contributed by atoms with van der Waals surface area (Å²) in [4.78, 5) is 31.3. The van der Waals surface area contributed by atoms with Crippen LogP contribution in [0.25, 0.3) is 0 Å². The van der Waals surface area contributed by atoms with Gasteiger partial charge in [0.05, 0.1) is 12.5 Å². The number of carbonyl (C=O) groups excluding carboxylic acids is 2. The van der Waals surface area contributed by atoms with Gasteiger partial charge in [0.1, 0.15) is 12.4 Å². The first-order chi connectivity index (χ1) is 16.2. The van der Waals surface area contributed by atoms with Gasteiger partial charge < -0.3 is 9.80 Å². The van der Waals surface area contributed by atoms with Crippen LogP contribution in [0.15, 0.2) is 53.9 Å². The lowest BCUT2D eigenvalue weighted by Gasteiger charge is -2.38. The van der Waals surface area contributed by atoms with Crippen LogP contribution in [-0.4, -0.2) is 40.7 Å². The Morgan fingerprint density at radius 1 is 1.12 bits per heavy atom. The Kier molecular flexibility index (Phi) is 7.60. The van der Waals surface area contributed by atoms with Crippen molar-refractivity contribution < 1.29 is 14.0 Å². The summed E-state index contributed by atoms with van der Waals surface area (Å²) in [6.45, 7) is 4.26. The minimum absolute atomic E-state index is 0.0428. The van der Waals surface area contributed by atoms with E-state index in [0.717, 1.165) is 17.5 Å². The van der Waals surface area contributed by atoms with Crippen LogP contribution >= 0.6 is 34.5 Å². The molecule has 34 heavy (non-hydrogen) atoms. The third-order valence-corrected chi connectivity index (χ3v) is 7.62. The fourth-order valence-electron chi connectivity index (χ4n) is 4.32. The van der Waals surface area contributed by atoms with E-state index >= 15 is 0 Å². The summed E-state index contributed by atoms with van der Waals surface area (Å²) in [5.74, 6) is -0.671. The Morgan fingerprint density at radius 2 is 1.85 bits per heavy atom. The zero-order valence-corrected chi connectivity index (χ0v) is 21.3. The Hall–Kier alpha value is -2.41. The predicted octanol–water partition coefficient (Wildman–Crippen LogP) is 6.15. The van der Waals surface area contributed by atoms with Gasteiger partial charge in [0, 0.05) is 27.5 Å². The second-order valence-corrected chi connectivity index (χ2v) is 10.5. The molecule has 2 aromatic carbocycles. The highest BCUT2D eigenvalue weighted by Crippen LogP contribution is 2.41. The third kappa shape index (κ3) is 5.29. The Balaban J connectivity index is 1.59. The molecule has 4 nitrogen and oxygen atoms in total. The normalized spacial score (nSPS) is 15.4. The summed E-state index contributed by atoms with van der Waals surface area (Å²) in [7, 11) is 0. The first-order valence-corrected chi connectivity index (χ1v) is 12.7. The average Bonchev–Trinajstić information content (AvgIpc) is 3.27. The lowest BCUT2D eigenvalue weighted by Crippen LogP contribution is -2.49. The number of nitrogens with zero attached hydrogens (tertiary/aromatic N) is 2. The molecule has 2 heterocycles. The van der Waals surface area contributed by atoms with Gasteiger partial charge in [0.25, 0.3) is 0 Å². The number of halogens is 3. The molecule has 0 spiro atoms. The van der Waals surface area contributed by atoms with Crippen molar-refractivity contribution in [1.29, 1.82) is 0 Å². The molecule has 1 unspecified atom stereocenters. The lowest BCUT2D eigenvalue weighted by atomic mass is 9.93. The number of thiophene rings is 1. The molecule has 0 aliphatic carbocycles. The van der Waals surface area contributed by atoms with Crippen molar-refractivity contribution in [3.63, 3.8) is 0 Å². The molecule has 0 fully saturated rings. The van der Waals surface area contributed by atoms with Crippen molar-refractivity contribution in [3.05, 3.63) is 91.3 Å². The van der Waals surface area contributed by atoms with Crippen LogP contribution in [-0.2, 0) is 22.4 Å². The van der Waals surface area contributed by atoms with Crippen LogP contribution in [0.5, 0.6) is 0 Å². The minimum atomic E-state index is -0.350. The summed E-state index contributed by atoms with van der Waals surface area (Å²) in [5, 5.41) is 3.06. The SMILES string of the molecule is CC(C)N(CC(=O)N1CCc2sccc2C1c1ccc(Cl)cc1Cl)C(=O)Cc1ccc(F)cc1. The van der Waals surface area contributed by atoms with Crippen molar-refractivity contribution in [2.45, 2.75) is 38.8 Å². The maximum absolute atomic E-state index is 13.6. The smallest absolute Gasteiger partial charge is 0.243 e. The van der Waals surface area contributed by atoms with E-state index in [4.69, 9.17) is 23.2 Å². The molecule has 3 aromatic rings. The summed E-state index contributed by atoms with van der Waals surface area (Å²) in [6, 6.07) is 12.7. The van der Waals surface area contributed by atoms with E-state index in [1.54, 1.807) is 40.5 Å². The molecule has 0 saturated heterocycles. The fourth-order valence-corrected chi connectivity index (χ4v) is 5.73. The summed E-state index contributed by atoms with van der Waals surface area (Å²) in [5.41, 5.74) is 2.58. The minimum Gasteiger partial charge on any atom is -0.331 e. The molecule has 0 radical (unpaired) electrons. The van der Waals surface area contributed by atoms with Crippen molar-refractivity contribution in [2.75, 3.05) is 13.1 Å². The van der Waals surface area contributed by atoms with E-state index in [1.807, 2.05) is 36.3 Å².